The van der Waals surface area contributed by atoms with Crippen LogP contribution >= 0.6 is 0 Å². The highest BCUT2D eigenvalue weighted by Gasteiger charge is 2.29. The lowest BCUT2D eigenvalue weighted by atomic mass is 9.75. The van der Waals surface area contributed by atoms with E-state index in [2.05, 4.69) is 36.5 Å². The molecule has 1 aliphatic carbocycles. The second kappa shape index (κ2) is 4.77. The highest BCUT2D eigenvalue weighted by Crippen LogP contribution is 2.36. The van der Waals surface area contributed by atoms with Gasteiger partial charge in [-0.15, -0.1) is 0 Å². The molecule has 2 N–H and O–H groups in total. The van der Waals surface area contributed by atoms with Crippen LogP contribution in [-0.2, 0) is 0 Å². The summed E-state index contributed by atoms with van der Waals surface area (Å²) in [6, 6.07) is 9.40. The predicted molar refractivity (Wildman–Crippen MR) is 62.0 cm³/mol. The molecule has 2 rings (SSSR count). The zero-order valence-electron chi connectivity index (χ0n) is 9.24. The first-order valence-corrected chi connectivity index (χ1v) is 5.70. The van der Waals surface area contributed by atoms with E-state index < -0.39 is 0 Å². The fourth-order valence-electron chi connectivity index (χ4n) is 2.25. The van der Waals surface area contributed by atoms with E-state index in [4.69, 9.17) is 5.11 Å². The van der Waals surface area contributed by atoms with Gasteiger partial charge >= 0.3 is 0 Å². The summed E-state index contributed by atoms with van der Waals surface area (Å²) in [6.07, 6.45) is 2.42. The molecule has 0 aliphatic heterocycles. The van der Waals surface area contributed by atoms with Crippen molar-refractivity contribution in [1.29, 1.82) is 0 Å². The van der Waals surface area contributed by atoms with Crippen molar-refractivity contribution in [3.05, 3.63) is 35.4 Å². The molecule has 0 aromatic heterocycles. The van der Waals surface area contributed by atoms with E-state index in [1.165, 1.54) is 24.0 Å². The third-order valence-corrected chi connectivity index (χ3v) is 3.20. The van der Waals surface area contributed by atoms with Gasteiger partial charge in [-0.2, -0.15) is 0 Å². The molecule has 2 heteroatoms. The van der Waals surface area contributed by atoms with E-state index in [1.807, 2.05) is 0 Å². The Balaban J connectivity index is 1.84. The summed E-state index contributed by atoms with van der Waals surface area (Å²) in [6.45, 7) is 3.11. The molecule has 1 aromatic carbocycles. The minimum atomic E-state index is 0.242. The minimum absolute atomic E-state index is 0.242. The topological polar surface area (TPSA) is 32.3 Å². The Hall–Kier alpha value is -0.860. The Morgan fingerprint density at radius 1 is 1.40 bits per heavy atom. The van der Waals surface area contributed by atoms with Crippen LogP contribution in [0.4, 0.5) is 0 Å². The molecule has 0 radical (unpaired) electrons. The summed E-state index contributed by atoms with van der Waals surface area (Å²) in [4.78, 5) is 0. The molecule has 1 saturated carbocycles. The van der Waals surface area contributed by atoms with Gasteiger partial charge in [0.2, 0.25) is 0 Å². The maximum atomic E-state index is 8.69. The van der Waals surface area contributed by atoms with Crippen molar-refractivity contribution in [2.75, 3.05) is 13.2 Å². The molecule has 1 aromatic rings. The Morgan fingerprint density at radius 3 is 2.87 bits per heavy atom. The number of aliphatic hydroxyl groups is 1. The molecule has 0 saturated heterocycles. The van der Waals surface area contributed by atoms with Gasteiger partial charge in [0, 0.05) is 12.6 Å². The van der Waals surface area contributed by atoms with Crippen molar-refractivity contribution in [3.63, 3.8) is 0 Å². The average Bonchev–Trinajstić information content (AvgIpc) is 2.16. The fourth-order valence-corrected chi connectivity index (χ4v) is 2.25. The van der Waals surface area contributed by atoms with Crippen LogP contribution in [0.5, 0.6) is 0 Å². The molecular weight excluding hydrogens is 186 g/mol. The lowest BCUT2D eigenvalue weighted by Crippen LogP contribution is -2.41. The van der Waals surface area contributed by atoms with E-state index in [0.717, 1.165) is 12.5 Å². The van der Waals surface area contributed by atoms with Gasteiger partial charge in [-0.1, -0.05) is 29.8 Å². The van der Waals surface area contributed by atoms with E-state index in [1.54, 1.807) is 0 Å². The van der Waals surface area contributed by atoms with Crippen LogP contribution in [0.3, 0.4) is 0 Å². The first-order chi connectivity index (χ1) is 7.29. The molecule has 0 spiro atoms. The monoisotopic (exact) mass is 205 g/mol. The number of hydrogen-bond donors (Lipinski definition) is 2. The molecule has 0 atom stereocenters. The molecular formula is C13H19NO. The molecule has 0 bridgehead atoms. The summed E-state index contributed by atoms with van der Waals surface area (Å²) in [5, 5.41) is 12.0. The SMILES string of the molecule is Cc1cccc(C2CC(NCCO)C2)c1. The lowest BCUT2D eigenvalue weighted by molar-refractivity contribution is 0.244. The molecule has 15 heavy (non-hydrogen) atoms. The second-order valence-corrected chi connectivity index (χ2v) is 4.46. The fraction of sp³-hybridized carbons (Fsp3) is 0.538. The minimum Gasteiger partial charge on any atom is -0.395 e. The van der Waals surface area contributed by atoms with Gasteiger partial charge in [0.05, 0.1) is 6.61 Å². The lowest BCUT2D eigenvalue weighted by Gasteiger charge is -2.36. The smallest absolute Gasteiger partial charge is 0.0556 e. The van der Waals surface area contributed by atoms with Gasteiger partial charge in [0.25, 0.3) is 0 Å². The van der Waals surface area contributed by atoms with E-state index in [-0.39, 0.29) is 6.61 Å². The zero-order chi connectivity index (χ0) is 10.7. The molecule has 2 nitrogen and oxygen atoms in total. The van der Waals surface area contributed by atoms with Crippen molar-refractivity contribution >= 4 is 0 Å². The molecule has 82 valence electrons. The zero-order valence-corrected chi connectivity index (χ0v) is 9.24. The third-order valence-electron chi connectivity index (χ3n) is 3.20. The van der Waals surface area contributed by atoms with Crippen molar-refractivity contribution in [1.82, 2.24) is 5.32 Å². The van der Waals surface area contributed by atoms with E-state index in [0.29, 0.717) is 6.04 Å². The van der Waals surface area contributed by atoms with Crippen molar-refractivity contribution in [2.45, 2.75) is 31.7 Å². The number of hydrogen-bond acceptors (Lipinski definition) is 2. The Kier molecular flexibility index (Phi) is 3.39. The van der Waals surface area contributed by atoms with E-state index >= 15 is 0 Å². The van der Waals surface area contributed by atoms with Crippen LogP contribution < -0.4 is 5.32 Å². The van der Waals surface area contributed by atoms with Crippen LogP contribution in [0.15, 0.2) is 24.3 Å². The van der Waals surface area contributed by atoms with Crippen LogP contribution in [0, 0.1) is 6.92 Å². The maximum Gasteiger partial charge on any atom is 0.0556 e. The number of aliphatic hydroxyl groups excluding tert-OH is 1. The quantitative estimate of drug-likeness (QED) is 0.786. The van der Waals surface area contributed by atoms with Crippen LogP contribution in [0.25, 0.3) is 0 Å². The van der Waals surface area contributed by atoms with Crippen LogP contribution in [-0.4, -0.2) is 24.3 Å². The van der Waals surface area contributed by atoms with Crippen LogP contribution in [0.2, 0.25) is 0 Å². The summed E-state index contributed by atoms with van der Waals surface area (Å²) >= 11 is 0. The summed E-state index contributed by atoms with van der Waals surface area (Å²) in [5.41, 5.74) is 2.82. The molecule has 0 amide bonds. The number of nitrogens with one attached hydrogen (secondary N) is 1. The number of benzene rings is 1. The van der Waals surface area contributed by atoms with Crippen molar-refractivity contribution in [2.24, 2.45) is 0 Å². The Bertz CT molecular complexity index is 318. The standard InChI is InChI=1S/C13H19NO/c1-10-3-2-4-11(7-10)12-8-13(9-12)14-5-6-15/h2-4,7,12-15H,5-6,8-9H2,1H3. The molecule has 1 fully saturated rings. The van der Waals surface area contributed by atoms with E-state index in [9.17, 15) is 0 Å². The highest BCUT2D eigenvalue weighted by molar-refractivity contribution is 5.27. The number of rotatable bonds is 4. The van der Waals surface area contributed by atoms with Gasteiger partial charge in [-0.25, -0.2) is 0 Å². The van der Waals surface area contributed by atoms with Gasteiger partial charge in [-0.3, -0.25) is 0 Å². The Morgan fingerprint density at radius 2 is 2.20 bits per heavy atom. The van der Waals surface area contributed by atoms with Gasteiger partial charge < -0.3 is 10.4 Å². The maximum absolute atomic E-state index is 8.69. The first kappa shape index (κ1) is 10.7. The van der Waals surface area contributed by atoms with Crippen LogP contribution in [0.1, 0.15) is 29.9 Å². The first-order valence-electron chi connectivity index (χ1n) is 5.70. The number of aryl methyl sites for hydroxylation is 1. The summed E-state index contributed by atoms with van der Waals surface area (Å²) < 4.78 is 0. The average molecular weight is 205 g/mol. The summed E-state index contributed by atoms with van der Waals surface area (Å²) in [5.74, 6) is 0.723. The largest absolute Gasteiger partial charge is 0.395 e. The summed E-state index contributed by atoms with van der Waals surface area (Å²) in [7, 11) is 0. The Labute approximate surface area is 91.3 Å². The molecule has 1 aliphatic rings. The predicted octanol–water partition coefficient (Wildman–Crippen LogP) is 1.82. The van der Waals surface area contributed by atoms with Gasteiger partial charge in [0.1, 0.15) is 0 Å². The van der Waals surface area contributed by atoms with Crippen molar-refractivity contribution in [3.8, 4) is 0 Å². The second-order valence-electron chi connectivity index (χ2n) is 4.46. The molecule has 0 heterocycles. The highest BCUT2D eigenvalue weighted by atomic mass is 16.3. The van der Waals surface area contributed by atoms with Crippen molar-refractivity contribution < 1.29 is 5.11 Å². The third kappa shape index (κ3) is 2.58. The normalized spacial score (nSPS) is 24.9. The van der Waals surface area contributed by atoms with Gasteiger partial charge in [0.15, 0.2) is 0 Å². The van der Waals surface area contributed by atoms with Gasteiger partial charge in [-0.05, 0) is 31.2 Å². The molecule has 0 unspecified atom stereocenters.